The van der Waals surface area contributed by atoms with Crippen LogP contribution in [0.3, 0.4) is 0 Å². The van der Waals surface area contributed by atoms with Gasteiger partial charge in [0.1, 0.15) is 23.3 Å². The molecule has 4 rings (SSSR count). The lowest BCUT2D eigenvalue weighted by Crippen LogP contribution is -2.46. The molecule has 3 aromatic rings. The van der Waals surface area contributed by atoms with E-state index in [4.69, 9.17) is 4.74 Å². The van der Waals surface area contributed by atoms with E-state index in [9.17, 15) is 31.6 Å². The monoisotopic (exact) mass is 508 g/mol. The lowest BCUT2D eigenvalue weighted by atomic mass is 9.94. The number of hydrogen-bond donors (Lipinski definition) is 2. The van der Waals surface area contributed by atoms with Crippen LogP contribution >= 0.6 is 0 Å². The van der Waals surface area contributed by atoms with Crippen LogP contribution in [-0.4, -0.2) is 36.7 Å². The predicted molar refractivity (Wildman–Crippen MR) is 116 cm³/mol. The first kappa shape index (κ1) is 24.5. The Hall–Kier alpha value is -3.61. The topological polar surface area (TPSA) is 105 Å². The zero-order chi connectivity index (χ0) is 25.2. The first-order valence-corrected chi connectivity index (χ1v) is 11.7. The maximum absolute atomic E-state index is 13.4. The molecule has 1 heterocycles. The molecule has 0 fully saturated rings. The zero-order valence-electron chi connectivity index (χ0n) is 17.9. The van der Waals surface area contributed by atoms with E-state index >= 15 is 0 Å². The number of carbonyl (C=O) groups is 1. The zero-order valence-corrected chi connectivity index (χ0v) is 18.7. The molecule has 35 heavy (non-hydrogen) atoms. The average molecular weight is 508 g/mol. The molecular formula is C23H19F3N2O6S. The summed E-state index contributed by atoms with van der Waals surface area (Å²) in [5, 5.41) is 9.21. The van der Waals surface area contributed by atoms with E-state index in [1.807, 2.05) is 0 Å². The highest BCUT2D eigenvalue weighted by atomic mass is 32.2. The van der Waals surface area contributed by atoms with Crippen molar-refractivity contribution in [3.63, 3.8) is 0 Å². The summed E-state index contributed by atoms with van der Waals surface area (Å²) in [4.78, 5) is 12.3. The standard InChI is InChI=1S/C23H19F3N2O6S/c24-23(25,26)34-18-7-5-16(6-8-18)33-17-9-11-19(12-10-17)35(31,32)28-14-13-15-3-1-2-4-20(15)21(28)22(29)27-30/h1-12,21,30H,13-14H2,(H,27,29)/t21-/m0/s1. The van der Waals surface area contributed by atoms with Gasteiger partial charge < -0.3 is 9.47 Å². The number of alkyl halides is 3. The number of fused-ring (bicyclic) bond motifs is 1. The fourth-order valence-corrected chi connectivity index (χ4v) is 5.37. The molecule has 1 amide bonds. The van der Waals surface area contributed by atoms with Crippen LogP contribution in [0.5, 0.6) is 17.2 Å². The van der Waals surface area contributed by atoms with Crippen molar-refractivity contribution in [3.8, 4) is 17.2 Å². The Bertz CT molecular complexity index is 1310. The Labute approximate surface area is 198 Å². The van der Waals surface area contributed by atoms with Gasteiger partial charge in [-0.3, -0.25) is 10.0 Å². The minimum atomic E-state index is -4.81. The van der Waals surface area contributed by atoms with Gasteiger partial charge in [0.2, 0.25) is 10.0 Å². The molecule has 0 saturated carbocycles. The number of benzene rings is 3. The summed E-state index contributed by atoms with van der Waals surface area (Å²) in [6, 6.07) is 15.7. The number of nitrogens with zero attached hydrogens (tertiary/aromatic N) is 1. The van der Waals surface area contributed by atoms with Crippen molar-refractivity contribution in [1.82, 2.24) is 9.79 Å². The van der Waals surface area contributed by atoms with E-state index in [2.05, 4.69) is 4.74 Å². The van der Waals surface area contributed by atoms with E-state index in [-0.39, 0.29) is 22.9 Å². The summed E-state index contributed by atoms with van der Waals surface area (Å²) in [7, 11) is -4.14. The molecule has 0 unspecified atom stereocenters. The number of carbonyl (C=O) groups excluding carboxylic acids is 1. The van der Waals surface area contributed by atoms with Gasteiger partial charge in [-0.05, 0) is 66.1 Å². The quantitative estimate of drug-likeness (QED) is 0.383. The number of hydrogen-bond acceptors (Lipinski definition) is 6. The fraction of sp³-hybridized carbons (Fsp3) is 0.174. The van der Waals surface area contributed by atoms with Crippen molar-refractivity contribution in [1.29, 1.82) is 0 Å². The number of nitrogens with one attached hydrogen (secondary N) is 1. The Balaban J connectivity index is 1.54. The van der Waals surface area contributed by atoms with Gasteiger partial charge in [0.25, 0.3) is 5.91 Å². The average Bonchev–Trinajstić information content (AvgIpc) is 2.83. The van der Waals surface area contributed by atoms with Gasteiger partial charge in [0.05, 0.1) is 4.90 Å². The molecule has 1 atom stereocenters. The summed E-state index contributed by atoms with van der Waals surface area (Å²) in [6.07, 6.45) is -4.42. The first-order valence-electron chi connectivity index (χ1n) is 10.3. The van der Waals surface area contributed by atoms with Crippen molar-refractivity contribution < 1.29 is 41.1 Å². The third-order valence-electron chi connectivity index (χ3n) is 5.32. The Kier molecular flexibility index (Phi) is 6.70. The summed E-state index contributed by atoms with van der Waals surface area (Å²) >= 11 is 0. The van der Waals surface area contributed by atoms with Crippen LogP contribution in [0.2, 0.25) is 0 Å². The van der Waals surface area contributed by atoms with E-state index in [0.29, 0.717) is 12.0 Å². The molecule has 3 aromatic carbocycles. The second-order valence-corrected chi connectivity index (χ2v) is 9.43. The smallest absolute Gasteiger partial charge is 0.457 e. The molecule has 1 aliphatic rings. The van der Waals surface area contributed by atoms with Gasteiger partial charge in [-0.2, -0.15) is 4.31 Å². The number of sulfonamides is 1. The lowest BCUT2D eigenvalue weighted by molar-refractivity contribution is -0.274. The van der Waals surface area contributed by atoms with Crippen LogP contribution < -0.4 is 15.0 Å². The number of halogens is 3. The Morgan fingerprint density at radius 3 is 2.11 bits per heavy atom. The predicted octanol–water partition coefficient (Wildman–Crippen LogP) is 4.17. The summed E-state index contributed by atoms with van der Waals surface area (Å²) in [6.45, 7) is 0.0298. The minimum absolute atomic E-state index is 0.0298. The van der Waals surface area contributed by atoms with Gasteiger partial charge >= 0.3 is 6.36 Å². The van der Waals surface area contributed by atoms with E-state index in [0.717, 1.165) is 22.0 Å². The highest BCUT2D eigenvalue weighted by molar-refractivity contribution is 7.89. The van der Waals surface area contributed by atoms with E-state index in [1.165, 1.54) is 36.4 Å². The van der Waals surface area contributed by atoms with Crippen molar-refractivity contribution in [2.45, 2.75) is 23.7 Å². The SMILES string of the molecule is O=C(NO)[C@@H]1c2ccccc2CCN1S(=O)(=O)c1ccc(Oc2ccc(OC(F)(F)F)cc2)cc1. The van der Waals surface area contributed by atoms with Crippen LogP contribution in [0.4, 0.5) is 13.2 Å². The van der Waals surface area contributed by atoms with Gasteiger partial charge in [-0.1, -0.05) is 24.3 Å². The highest BCUT2D eigenvalue weighted by Gasteiger charge is 2.40. The van der Waals surface area contributed by atoms with Gasteiger partial charge in [0, 0.05) is 6.54 Å². The maximum atomic E-state index is 13.4. The minimum Gasteiger partial charge on any atom is -0.457 e. The molecular weight excluding hydrogens is 489 g/mol. The Morgan fingerprint density at radius 2 is 1.51 bits per heavy atom. The van der Waals surface area contributed by atoms with Gasteiger partial charge in [0.15, 0.2) is 0 Å². The molecule has 0 bridgehead atoms. The Morgan fingerprint density at radius 1 is 0.943 bits per heavy atom. The number of hydroxylamine groups is 1. The summed E-state index contributed by atoms with van der Waals surface area (Å²) < 4.78 is 74.0. The molecule has 0 radical (unpaired) electrons. The van der Waals surface area contributed by atoms with Crippen LogP contribution in [0.25, 0.3) is 0 Å². The molecule has 184 valence electrons. The molecule has 1 aliphatic heterocycles. The van der Waals surface area contributed by atoms with Crippen molar-refractivity contribution in [2.75, 3.05) is 6.54 Å². The molecule has 0 aliphatic carbocycles. The van der Waals surface area contributed by atoms with Gasteiger partial charge in [-0.25, -0.2) is 13.9 Å². The third-order valence-corrected chi connectivity index (χ3v) is 7.20. The highest BCUT2D eigenvalue weighted by Crippen LogP contribution is 2.35. The number of rotatable bonds is 6. The van der Waals surface area contributed by atoms with Crippen LogP contribution in [0.15, 0.2) is 77.7 Å². The molecule has 0 spiro atoms. The van der Waals surface area contributed by atoms with Crippen LogP contribution in [-0.2, 0) is 21.2 Å². The largest absolute Gasteiger partial charge is 0.573 e. The summed E-state index contributed by atoms with van der Waals surface area (Å²) in [5.41, 5.74) is 2.83. The molecule has 8 nitrogen and oxygen atoms in total. The first-order chi connectivity index (χ1) is 16.6. The van der Waals surface area contributed by atoms with Crippen molar-refractivity contribution in [3.05, 3.63) is 83.9 Å². The molecule has 2 N–H and O–H groups in total. The molecule has 0 aromatic heterocycles. The number of ether oxygens (including phenoxy) is 2. The van der Waals surface area contributed by atoms with Crippen molar-refractivity contribution in [2.24, 2.45) is 0 Å². The molecule has 12 heteroatoms. The lowest BCUT2D eigenvalue weighted by Gasteiger charge is -2.34. The second-order valence-electron chi connectivity index (χ2n) is 7.54. The van der Waals surface area contributed by atoms with Crippen LogP contribution in [0, 0.1) is 0 Å². The van der Waals surface area contributed by atoms with Gasteiger partial charge in [-0.15, -0.1) is 13.2 Å². The number of amides is 1. The normalized spacial score (nSPS) is 16.3. The van der Waals surface area contributed by atoms with Crippen LogP contribution in [0.1, 0.15) is 17.2 Å². The van der Waals surface area contributed by atoms with Crippen molar-refractivity contribution >= 4 is 15.9 Å². The van der Waals surface area contributed by atoms with E-state index < -0.39 is 34.1 Å². The second kappa shape index (κ2) is 9.56. The summed E-state index contributed by atoms with van der Waals surface area (Å²) in [5.74, 6) is -0.834. The fourth-order valence-electron chi connectivity index (χ4n) is 3.80. The molecule has 0 saturated heterocycles. The third kappa shape index (κ3) is 5.39. The van der Waals surface area contributed by atoms with E-state index in [1.54, 1.807) is 29.7 Å². The maximum Gasteiger partial charge on any atom is 0.573 e.